The van der Waals surface area contributed by atoms with Crippen molar-refractivity contribution in [1.29, 1.82) is 0 Å². The van der Waals surface area contributed by atoms with Gasteiger partial charge < -0.3 is 26.2 Å². The number of primary amides is 1. The first-order chi connectivity index (χ1) is 17.4. The summed E-state index contributed by atoms with van der Waals surface area (Å²) in [6.45, 7) is 1.91. The molecule has 1 heterocycles. The number of aliphatic hydroxyl groups is 3. The second-order valence-electron chi connectivity index (χ2n) is 10.1. The first-order valence-corrected chi connectivity index (χ1v) is 11.8. The molecule has 10 heteroatoms. The standard InChI is InChI=1S/C27H27N3O7/c1-11-6-7-29-10-15(11)13-4-5-17(31)19-14(13)8-12-9-16-21(30(2)3)23(33)20(26(28)36)25(35)27(16,37)24(34)18(12)22(19)32/h4-7,10,12,16,21,31-32,35,37H,8-9H2,1-3H3,(H2,28,36)/t12-,16-,21+,27-/m0/s1. The van der Waals surface area contributed by atoms with Crippen LogP contribution in [0.2, 0.25) is 0 Å². The van der Waals surface area contributed by atoms with Crippen molar-refractivity contribution < 1.29 is 34.8 Å². The van der Waals surface area contributed by atoms with Crippen LogP contribution in [-0.4, -0.2) is 73.5 Å². The minimum absolute atomic E-state index is 0.0346. The van der Waals surface area contributed by atoms with Gasteiger partial charge in [0, 0.05) is 29.4 Å². The predicted molar refractivity (Wildman–Crippen MR) is 132 cm³/mol. The number of nitrogens with two attached hydrogens (primary N) is 1. The molecule has 37 heavy (non-hydrogen) atoms. The van der Waals surface area contributed by atoms with Crippen LogP contribution in [0.25, 0.3) is 16.9 Å². The lowest BCUT2D eigenvalue weighted by Crippen LogP contribution is -2.65. The zero-order valence-corrected chi connectivity index (χ0v) is 20.5. The van der Waals surface area contributed by atoms with Crippen molar-refractivity contribution in [3.63, 3.8) is 0 Å². The van der Waals surface area contributed by atoms with Crippen LogP contribution in [0.3, 0.4) is 0 Å². The fourth-order valence-corrected chi connectivity index (χ4v) is 6.24. The number of amides is 1. The lowest BCUT2D eigenvalue weighted by molar-refractivity contribution is -0.153. The third-order valence-corrected chi connectivity index (χ3v) is 7.93. The van der Waals surface area contributed by atoms with Crippen molar-refractivity contribution in [2.75, 3.05) is 14.1 Å². The highest BCUT2D eigenvalue weighted by Gasteiger charge is 2.64. The number of rotatable bonds is 3. The van der Waals surface area contributed by atoms with Gasteiger partial charge in [-0.15, -0.1) is 0 Å². The molecule has 0 saturated heterocycles. The average molecular weight is 506 g/mol. The molecule has 10 nitrogen and oxygen atoms in total. The number of nitrogens with zero attached hydrogens (tertiary/aromatic N) is 2. The first kappa shape index (κ1) is 24.7. The Kier molecular flexibility index (Phi) is 5.50. The summed E-state index contributed by atoms with van der Waals surface area (Å²) in [5.74, 6) is -6.71. The Balaban J connectivity index is 1.76. The molecular weight excluding hydrogens is 478 g/mol. The van der Waals surface area contributed by atoms with Gasteiger partial charge in [-0.2, -0.15) is 0 Å². The maximum atomic E-state index is 13.9. The predicted octanol–water partition coefficient (Wildman–Crippen LogP) is 1.33. The topological polar surface area (TPSA) is 174 Å². The minimum atomic E-state index is -2.66. The van der Waals surface area contributed by atoms with Crippen LogP contribution >= 0.6 is 0 Å². The Morgan fingerprint density at radius 1 is 1.14 bits per heavy atom. The van der Waals surface area contributed by atoms with Crippen molar-refractivity contribution in [3.05, 3.63) is 64.2 Å². The molecule has 0 unspecified atom stereocenters. The number of carbonyl (C=O) groups excluding carboxylic acids is 3. The molecule has 2 aromatic rings. The van der Waals surface area contributed by atoms with Crippen LogP contribution in [0.1, 0.15) is 23.1 Å². The van der Waals surface area contributed by atoms with E-state index in [1.54, 1.807) is 32.6 Å². The number of hydrogen-bond donors (Lipinski definition) is 5. The summed E-state index contributed by atoms with van der Waals surface area (Å²) in [5.41, 5.74) is 4.76. The van der Waals surface area contributed by atoms with Gasteiger partial charge in [0.25, 0.3) is 5.91 Å². The van der Waals surface area contributed by atoms with E-state index in [2.05, 4.69) is 4.98 Å². The molecule has 0 spiro atoms. The molecule has 1 aromatic carbocycles. The molecule has 1 amide bonds. The molecular formula is C27H27N3O7. The smallest absolute Gasteiger partial charge is 0.255 e. The van der Waals surface area contributed by atoms with E-state index in [-0.39, 0.29) is 29.7 Å². The number of phenols is 1. The highest BCUT2D eigenvalue weighted by molar-refractivity contribution is 6.24. The number of likely N-dealkylation sites (N-methyl/N-ethyl adjacent to an activating group) is 1. The Bertz CT molecular complexity index is 1460. The highest BCUT2D eigenvalue weighted by atomic mass is 16.3. The molecule has 5 rings (SSSR count). The number of phenolic OH excluding ortho intramolecular Hbond substituents is 1. The van der Waals surface area contributed by atoms with Gasteiger partial charge in [0.15, 0.2) is 11.4 Å². The lowest BCUT2D eigenvalue weighted by atomic mass is 9.57. The Morgan fingerprint density at radius 2 is 1.84 bits per heavy atom. The second kappa shape index (κ2) is 8.25. The lowest BCUT2D eigenvalue weighted by Gasteiger charge is -2.50. The van der Waals surface area contributed by atoms with Gasteiger partial charge in [-0.1, -0.05) is 6.07 Å². The van der Waals surface area contributed by atoms with Crippen molar-refractivity contribution in [2.24, 2.45) is 17.6 Å². The van der Waals surface area contributed by atoms with Crippen molar-refractivity contribution >= 4 is 23.2 Å². The van der Waals surface area contributed by atoms with Gasteiger partial charge in [-0.05, 0) is 68.6 Å². The zero-order chi connectivity index (χ0) is 27.0. The third-order valence-electron chi connectivity index (χ3n) is 7.93. The summed E-state index contributed by atoms with van der Waals surface area (Å²) >= 11 is 0. The number of pyridine rings is 1. The van der Waals surface area contributed by atoms with E-state index in [1.807, 2.05) is 13.0 Å². The molecule has 1 fully saturated rings. The molecule has 1 aromatic heterocycles. The van der Waals surface area contributed by atoms with E-state index < -0.39 is 58.0 Å². The van der Waals surface area contributed by atoms with Crippen LogP contribution in [0.4, 0.5) is 0 Å². The second-order valence-corrected chi connectivity index (χ2v) is 10.1. The largest absolute Gasteiger partial charge is 0.508 e. The van der Waals surface area contributed by atoms with Crippen molar-refractivity contribution in [3.8, 4) is 16.9 Å². The Hall–Kier alpha value is -4.02. The van der Waals surface area contributed by atoms with Gasteiger partial charge in [0.1, 0.15) is 22.8 Å². The number of benzene rings is 1. The van der Waals surface area contributed by atoms with Crippen LogP contribution in [0.15, 0.2) is 47.5 Å². The summed E-state index contributed by atoms with van der Waals surface area (Å²) in [6.07, 6.45) is 3.59. The molecule has 1 saturated carbocycles. The Labute approximate surface area is 212 Å². The number of ketones is 2. The molecule has 192 valence electrons. The van der Waals surface area contributed by atoms with E-state index in [0.29, 0.717) is 5.56 Å². The Morgan fingerprint density at radius 3 is 2.46 bits per heavy atom. The summed E-state index contributed by atoms with van der Waals surface area (Å²) < 4.78 is 0. The average Bonchev–Trinajstić information content (AvgIpc) is 2.82. The summed E-state index contributed by atoms with van der Waals surface area (Å²) in [4.78, 5) is 44.8. The number of aliphatic hydroxyl groups excluding tert-OH is 2. The maximum absolute atomic E-state index is 13.9. The van der Waals surface area contributed by atoms with E-state index in [0.717, 1.165) is 16.7 Å². The minimum Gasteiger partial charge on any atom is -0.508 e. The number of aromatic hydroxyl groups is 1. The number of carbonyl (C=O) groups is 3. The van der Waals surface area contributed by atoms with Crippen LogP contribution in [-0.2, 0) is 20.8 Å². The maximum Gasteiger partial charge on any atom is 0.255 e. The van der Waals surface area contributed by atoms with E-state index in [1.165, 1.54) is 11.0 Å². The first-order valence-electron chi connectivity index (χ1n) is 11.8. The SMILES string of the molecule is Cc1ccncc1-c1ccc(O)c2c1C[C@H]1C[C@H]3[C@@H](N(C)C)C(=O)C(C(N)=O)=C(O)[C@@]3(O)C(=O)C1=C2O. The van der Waals surface area contributed by atoms with Gasteiger partial charge in [0.05, 0.1) is 11.6 Å². The fraction of sp³-hybridized carbons (Fsp3) is 0.333. The number of fused-ring (bicyclic) bond motifs is 3. The normalized spacial score (nSPS) is 27.2. The summed E-state index contributed by atoms with van der Waals surface area (Å²) in [5, 5.41) is 44.6. The van der Waals surface area contributed by atoms with Gasteiger partial charge in [-0.25, -0.2) is 0 Å². The molecule has 0 aliphatic heterocycles. The highest BCUT2D eigenvalue weighted by Crippen LogP contribution is 2.53. The summed E-state index contributed by atoms with van der Waals surface area (Å²) in [6, 6.07) is 3.84. The monoisotopic (exact) mass is 505 g/mol. The molecule has 3 aliphatic carbocycles. The molecule has 6 N–H and O–H groups in total. The van der Waals surface area contributed by atoms with Gasteiger partial charge >= 0.3 is 0 Å². The van der Waals surface area contributed by atoms with Crippen LogP contribution in [0, 0.1) is 18.8 Å². The van der Waals surface area contributed by atoms with Gasteiger partial charge in [-0.3, -0.25) is 24.3 Å². The number of aryl methyl sites for hydroxylation is 1. The zero-order valence-electron chi connectivity index (χ0n) is 20.5. The quantitative estimate of drug-likeness (QED) is 0.386. The number of hydrogen-bond acceptors (Lipinski definition) is 9. The molecule has 4 atom stereocenters. The number of aromatic nitrogens is 1. The van der Waals surface area contributed by atoms with E-state index in [4.69, 9.17) is 5.73 Å². The van der Waals surface area contributed by atoms with Crippen LogP contribution in [0.5, 0.6) is 5.75 Å². The number of Topliss-reactive ketones (excluding diaryl/α,β-unsaturated/α-hetero) is 2. The van der Waals surface area contributed by atoms with E-state index in [9.17, 15) is 34.8 Å². The third kappa shape index (κ3) is 3.25. The molecule has 0 bridgehead atoms. The van der Waals surface area contributed by atoms with Gasteiger partial charge in [0.2, 0.25) is 5.78 Å². The van der Waals surface area contributed by atoms with E-state index >= 15 is 0 Å². The molecule has 0 radical (unpaired) electrons. The fourth-order valence-electron chi connectivity index (χ4n) is 6.24. The molecule has 3 aliphatic rings. The summed E-state index contributed by atoms with van der Waals surface area (Å²) in [7, 11) is 3.13. The van der Waals surface area contributed by atoms with Crippen molar-refractivity contribution in [2.45, 2.75) is 31.4 Å². The van der Waals surface area contributed by atoms with Crippen molar-refractivity contribution in [1.82, 2.24) is 9.88 Å². The van der Waals surface area contributed by atoms with Crippen LogP contribution < -0.4 is 5.73 Å².